The minimum atomic E-state index is -0.468. The average molecular weight is 379 g/mol. The summed E-state index contributed by atoms with van der Waals surface area (Å²) in [6.45, 7) is 0. The molecule has 1 amide bonds. The number of aromatic nitrogens is 2. The second-order valence-electron chi connectivity index (χ2n) is 4.27. The number of rotatable bonds is 3. The molecule has 0 fully saturated rings. The van der Waals surface area contributed by atoms with E-state index in [-0.39, 0.29) is 11.6 Å². The molecule has 2 aromatic heterocycles. The van der Waals surface area contributed by atoms with Gasteiger partial charge in [-0.25, -0.2) is 4.98 Å². The SMILES string of the molecule is O=C(Nc1nc2ccc([N+](=O)[O-])cc2s1)c1cncc(Br)c1. The van der Waals surface area contributed by atoms with E-state index in [1.54, 1.807) is 18.3 Å². The number of anilines is 1. The molecule has 110 valence electrons. The van der Waals surface area contributed by atoms with Gasteiger partial charge in [-0.05, 0) is 28.1 Å². The van der Waals surface area contributed by atoms with Gasteiger partial charge in [0.05, 0.1) is 20.7 Å². The summed E-state index contributed by atoms with van der Waals surface area (Å²) in [7, 11) is 0. The molecule has 1 N–H and O–H groups in total. The second-order valence-corrected chi connectivity index (χ2v) is 6.22. The Morgan fingerprint density at radius 1 is 1.32 bits per heavy atom. The third-order valence-electron chi connectivity index (χ3n) is 2.77. The molecule has 9 heteroatoms. The van der Waals surface area contributed by atoms with Crippen LogP contribution in [0.25, 0.3) is 10.2 Å². The van der Waals surface area contributed by atoms with Crippen LogP contribution in [0.1, 0.15) is 10.4 Å². The Hall–Kier alpha value is -2.39. The summed E-state index contributed by atoms with van der Waals surface area (Å²) in [6, 6.07) is 6.01. The largest absolute Gasteiger partial charge is 0.298 e. The lowest BCUT2D eigenvalue weighted by Crippen LogP contribution is -2.11. The third kappa shape index (κ3) is 2.95. The highest BCUT2D eigenvalue weighted by Gasteiger charge is 2.13. The maximum atomic E-state index is 12.1. The van der Waals surface area contributed by atoms with Gasteiger partial charge in [-0.1, -0.05) is 11.3 Å². The molecule has 3 rings (SSSR count). The standard InChI is InChI=1S/C13H7BrN4O3S/c14-8-3-7(5-15-6-8)12(19)17-13-16-10-2-1-9(18(20)21)4-11(10)22-13/h1-6H,(H,16,17,19). The number of hydrogen-bond donors (Lipinski definition) is 1. The molecule has 0 atom stereocenters. The van der Waals surface area contributed by atoms with E-state index in [2.05, 4.69) is 31.2 Å². The van der Waals surface area contributed by atoms with Gasteiger partial charge in [-0.2, -0.15) is 0 Å². The molecule has 0 spiro atoms. The molecule has 0 unspecified atom stereocenters. The number of nitro benzene ring substituents is 1. The molecule has 2 heterocycles. The number of nitro groups is 1. The minimum Gasteiger partial charge on any atom is -0.298 e. The van der Waals surface area contributed by atoms with E-state index in [1.165, 1.54) is 29.7 Å². The number of non-ortho nitro benzene ring substituents is 1. The van der Waals surface area contributed by atoms with Crippen LogP contribution >= 0.6 is 27.3 Å². The van der Waals surface area contributed by atoms with Gasteiger partial charge in [0.15, 0.2) is 5.13 Å². The predicted octanol–water partition coefficient (Wildman–Crippen LogP) is 3.61. The number of carbonyl (C=O) groups excluding carboxylic acids is 1. The molecule has 0 saturated heterocycles. The number of amides is 1. The number of nitrogens with zero attached hydrogens (tertiary/aromatic N) is 3. The summed E-state index contributed by atoms with van der Waals surface area (Å²) >= 11 is 4.42. The zero-order valence-corrected chi connectivity index (χ0v) is 13.2. The fourth-order valence-corrected chi connectivity index (χ4v) is 3.04. The van der Waals surface area contributed by atoms with Crippen LogP contribution in [0.15, 0.2) is 41.1 Å². The number of fused-ring (bicyclic) bond motifs is 1. The Bertz CT molecular complexity index is 896. The highest BCUT2D eigenvalue weighted by atomic mass is 79.9. The van der Waals surface area contributed by atoms with Crippen LogP contribution in [0.3, 0.4) is 0 Å². The number of pyridine rings is 1. The van der Waals surface area contributed by atoms with Crippen LogP contribution in [0.2, 0.25) is 0 Å². The van der Waals surface area contributed by atoms with E-state index >= 15 is 0 Å². The van der Waals surface area contributed by atoms with E-state index in [0.717, 1.165) is 0 Å². The van der Waals surface area contributed by atoms with Crippen molar-refractivity contribution in [3.63, 3.8) is 0 Å². The Morgan fingerprint density at radius 2 is 2.14 bits per heavy atom. The third-order valence-corrected chi connectivity index (χ3v) is 4.14. The van der Waals surface area contributed by atoms with Crippen LogP contribution in [0.4, 0.5) is 10.8 Å². The highest BCUT2D eigenvalue weighted by molar-refractivity contribution is 9.10. The molecule has 0 bridgehead atoms. The van der Waals surface area contributed by atoms with Crippen LogP contribution in [-0.2, 0) is 0 Å². The van der Waals surface area contributed by atoms with Gasteiger partial charge in [-0.15, -0.1) is 0 Å². The maximum Gasteiger partial charge on any atom is 0.270 e. The summed E-state index contributed by atoms with van der Waals surface area (Å²) in [5, 5.41) is 13.8. The lowest BCUT2D eigenvalue weighted by Gasteiger charge is -2.00. The first-order valence-electron chi connectivity index (χ1n) is 6.00. The Morgan fingerprint density at radius 3 is 2.86 bits per heavy atom. The monoisotopic (exact) mass is 378 g/mol. The predicted molar refractivity (Wildman–Crippen MR) is 86.2 cm³/mol. The molecule has 22 heavy (non-hydrogen) atoms. The fraction of sp³-hybridized carbons (Fsp3) is 0. The summed E-state index contributed by atoms with van der Waals surface area (Å²) in [5.41, 5.74) is 0.975. The van der Waals surface area contributed by atoms with Crippen LogP contribution < -0.4 is 5.32 Å². The smallest absolute Gasteiger partial charge is 0.270 e. The average Bonchev–Trinajstić information content (AvgIpc) is 2.88. The fourth-order valence-electron chi connectivity index (χ4n) is 1.79. The summed E-state index contributed by atoms with van der Waals surface area (Å²) < 4.78 is 1.33. The van der Waals surface area contributed by atoms with Crippen molar-refractivity contribution in [1.29, 1.82) is 0 Å². The summed E-state index contributed by atoms with van der Waals surface area (Å²) in [4.78, 5) is 30.5. The first kappa shape index (κ1) is 14.5. The Labute approximate surface area is 136 Å². The maximum absolute atomic E-state index is 12.1. The topological polar surface area (TPSA) is 98.0 Å². The molecule has 3 aromatic rings. The van der Waals surface area contributed by atoms with Crippen molar-refractivity contribution in [2.45, 2.75) is 0 Å². The van der Waals surface area contributed by atoms with Gasteiger partial charge in [0, 0.05) is 29.0 Å². The van der Waals surface area contributed by atoms with Crippen molar-refractivity contribution in [1.82, 2.24) is 9.97 Å². The van der Waals surface area contributed by atoms with E-state index in [1.807, 2.05) is 0 Å². The van der Waals surface area contributed by atoms with E-state index in [4.69, 9.17) is 0 Å². The van der Waals surface area contributed by atoms with Gasteiger partial charge in [0.2, 0.25) is 0 Å². The number of benzene rings is 1. The molecule has 1 aromatic carbocycles. The van der Waals surface area contributed by atoms with Gasteiger partial charge in [-0.3, -0.25) is 25.2 Å². The number of halogens is 1. The van der Waals surface area contributed by atoms with Crippen molar-refractivity contribution in [2.24, 2.45) is 0 Å². The minimum absolute atomic E-state index is 0.00906. The van der Waals surface area contributed by atoms with Crippen LogP contribution in [0.5, 0.6) is 0 Å². The Kier molecular flexibility index (Phi) is 3.82. The van der Waals surface area contributed by atoms with Crippen LogP contribution in [-0.4, -0.2) is 20.8 Å². The Balaban J connectivity index is 1.87. The van der Waals surface area contributed by atoms with Crippen LogP contribution in [0, 0.1) is 10.1 Å². The van der Waals surface area contributed by atoms with Crippen molar-refractivity contribution in [3.8, 4) is 0 Å². The van der Waals surface area contributed by atoms with E-state index < -0.39 is 4.92 Å². The van der Waals surface area contributed by atoms with Crippen molar-refractivity contribution in [3.05, 3.63) is 56.8 Å². The van der Waals surface area contributed by atoms with E-state index in [9.17, 15) is 14.9 Å². The number of nitrogens with one attached hydrogen (secondary N) is 1. The first-order valence-corrected chi connectivity index (χ1v) is 7.61. The normalized spacial score (nSPS) is 10.6. The van der Waals surface area contributed by atoms with Crippen molar-refractivity contribution in [2.75, 3.05) is 5.32 Å². The quantitative estimate of drug-likeness (QED) is 0.554. The number of hydrogen-bond acceptors (Lipinski definition) is 6. The first-order chi connectivity index (χ1) is 10.5. The molecule has 0 aliphatic heterocycles. The van der Waals surface area contributed by atoms with Gasteiger partial charge < -0.3 is 0 Å². The zero-order valence-electron chi connectivity index (χ0n) is 10.8. The molecule has 0 radical (unpaired) electrons. The molecule has 7 nitrogen and oxygen atoms in total. The van der Waals surface area contributed by atoms with E-state index in [0.29, 0.717) is 25.4 Å². The zero-order chi connectivity index (χ0) is 15.7. The van der Waals surface area contributed by atoms with Gasteiger partial charge >= 0.3 is 0 Å². The molecule has 0 saturated carbocycles. The molecular weight excluding hydrogens is 372 g/mol. The lowest BCUT2D eigenvalue weighted by atomic mass is 10.3. The van der Waals surface area contributed by atoms with Gasteiger partial charge in [0.1, 0.15) is 0 Å². The second kappa shape index (κ2) is 5.78. The number of carbonyl (C=O) groups is 1. The lowest BCUT2D eigenvalue weighted by molar-refractivity contribution is -0.384. The molecular formula is C13H7BrN4O3S. The molecule has 0 aliphatic carbocycles. The molecule has 0 aliphatic rings. The summed E-state index contributed by atoms with van der Waals surface area (Å²) in [6.07, 6.45) is 3.02. The van der Waals surface area contributed by atoms with Gasteiger partial charge in [0.25, 0.3) is 11.6 Å². The number of thiazole rings is 1. The highest BCUT2D eigenvalue weighted by Crippen LogP contribution is 2.29. The van der Waals surface area contributed by atoms with Crippen molar-refractivity contribution < 1.29 is 9.72 Å². The summed E-state index contributed by atoms with van der Waals surface area (Å²) in [5.74, 6) is -0.345. The van der Waals surface area contributed by atoms with Crippen molar-refractivity contribution >= 4 is 54.2 Å².